The van der Waals surface area contributed by atoms with Crippen LogP contribution in [-0.2, 0) is 19.8 Å². The number of ether oxygens (including phenoxy) is 3. The van der Waals surface area contributed by atoms with Crippen LogP contribution in [0.2, 0.25) is 5.02 Å². The zero-order valence-electron chi connectivity index (χ0n) is 26.0. The molecule has 0 N–H and O–H groups in total. The molecule has 1 aliphatic heterocycles. The molecule has 0 radical (unpaired) electrons. The average Bonchev–Trinajstić information content (AvgIpc) is 3.06. The van der Waals surface area contributed by atoms with Crippen LogP contribution in [-0.4, -0.2) is 34.9 Å². The number of piperidine rings is 1. The van der Waals surface area contributed by atoms with Crippen LogP contribution >= 0.6 is 27.5 Å². The second-order valence-corrected chi connectivity index (χ2v) is 12.6. The number of pyridine rings is 1. The summed E-state index contributed by atoms with van der Waals surface area (Å²) in [6.07, 6.45) is 7.89. The van der Waals surface area contributed by atoms with Gasteiger partial charge in [-0.25, -0.2) is 0 Å². The van der Waals surface area contributed by atoms with Crippen molar-refractivity contribution in [2.75, 3.05) is 25.0 Å². The van der Waals surface area contributed by atoms with Crippen molar-refractivity contribution >= 4 is 27.5 Å². The smallest absolute Gasteiger partial charge is 0.142 e. The minimum absolute atomic E-state index is 0.288. The van der Waals surface area contributed by atoms with Gasteiger partial charge in [0, 0.05) is 41.5 Å². The third kappa shape index (κ3) is 8.58. The number of halogens is 2. The zero-order valence-corrected chi connectivity index (χ0v) is 28.3. The van der Waals surface area contributed by atoms with E-state index in [1.807, 2.05) is 24.3 Å². The molecule has 45 heavy (non-hydrogen) atoms. The molecule has 0 unspecified atom stereocenters. The molecule has 2 heterocycles. The number of aromatic nitrogens is 1. The van der Waals surface area contributed by atoms with Gasteiger partial charge < -0.3 is 14.2 Å². The third-order valence-corrected chi connectivity index (χ3v) is 9.07. The van der Waals surface area contributed by atoms with E-state index in [1.165, 1.54) is 19.3 Å². The normalized spacial score (nSPS) is 13.3. The van der Waals surface area contributed by atoms with E-state index in [1.54, 1.807) is 18.5 Å². The van der Waals surface area contributed by atoms with Crippen molar-refractivity contribution in [1.29, 1.82) is 5.26 Å². The van der Waals surface area contributed by atoms with Crippen molar-refractivity contribution in [3.63, 3.8) is 0 Å². The molecule has 0 aliphatic carbocycles. The van der Waals surface area contributed by atoms with Gasteiger partial charge in [-0.15, -0.1) is 0 Å². The van der Waals surface area contributed by atoms with E-state index in [0.717, 1.165) is 81.8 Å². The lowest BCUT2D eigenvalue weighted by molar-refractivity contribution is 0.214. The van der Waals surface area contributed by atoms with Gasteiger partial charge in [0.05, 0.1) is 17.2 Å². The molecule has 8 heteroatoms. The first kappa shape index (κ1) is 32.8. The topological polar surface area (TPSA) is 67.6 Å². The first-order valence-electron chi connectivity index (χ1n) is 15.5. The Kier molecular flexibility index (Phi) is 11.8. The summed E-state index contributed by atoms with van der Waals surface area (Å²) in [5.74, 6) is 2.20. The fraction of sp³-hybridized carbons (Fsp3) is 0.351. The Labute approximate surface area is 280 Å². The average molecular weight is 689 g/mol. The standard InChI is InChI=1S/C37H39BrClN3O3/c1-26-30(9-6-10-32(26)33-11-7-12-35(27(33)2)43-16-8-13-38)25-45-37-19-36(44-24-29-17-28(20-40)21-41-22-29)31(18-34(37)39)23-42-14-4-3-5-15-42/h6-7,9-12,17-19,21-22H,3-5,8,13-16,23-25H2,1-2H3. The van der Waals surface area contributed by atoms with Crippen LogP contribution in [0.4, 0.5) is 0 Å². The van der Waals surface area contributed by atoms with Crippen molar-refractivity contribution in [2.24, 2.45) is 0 Å². The lowest BCUT2D eigenvalue weighted by Gasteiger charge is -2.27. The number of benzene rings is 3. The maximum Gasteiger partial charge on any atom is 0.142 e. The van der Waals surface area contributed by atoms with E-state index in [9.17, 15) is 5.26 Å². The van der Waals surface area contributed by atoms with E-state index in [2.05, 4.69) is 70.0 Å². The number of rotatable bonds is 13. The van der Waals surface area contributed by atoms with Crippen LogP contribution in [0, 0.1) is 25.2 Å². The van der Waals surface area contributed by atoms with Crippen LogP contribution < -0.4 is 14.2 Å². The Morgan fingerprint density at radius 1 is 0.844 bits per heavy atom. The Morgan fingerprint density at radius 3 is 2.38 bits per heavy atom. The predicted octanol–water partition coefficient (Wildman–Crippen LogP) is 9.20. The van der Waals surface area contributed by atoms with Gasteiger partial charge >= 0.3 is 0 Å². The SMILES string of the molecule is Cc1c(COc2cc(OCc3cncc(C#N)c3)c(CN3CCCCC3)cc2Cl)cccc1-c1cccc(OCCCBr)c1C. The first-order valence-corrected chi connectivity index (χ1v) is 17.0. The zero-order chi connectivity index (χ0) is 31.6. The predicted molar refractivity (Wildman–Crippen MR) is 183 cm³/mol. The maximum atomic E-state index is 9.29. The second kappa shape index (κ2) is 16.1. The highest BCUT2D eigenvalue weighted by atomic mass is 79.9. The highest BCUT2D eigenvalue weighted by Gasteiger charge is 2.18. The van der Waals surface area contributed by atoms with Gasteiger partial charge in [0.2, 0.25) is 0 Å². The summed E-state index contributed by atoms with van der Waals surface area (Å²) in [4.78, 5) is 6.62. The van der Waals surface area contributed by atoms with E-state index in [4.69, 9.17) is 25.8 Å². The molecule has 3 aromatic carbocycles. The summed E-state index contributed by atoms with van der Waals surface area (Å²) in [6, 6.07) is 20.3. The molecule has 0 bridgehead atoms. The Balaban J connectivity index is 1.37. The van der Waals surface area contributed by atoms with Gasteiger partial charge in [-0.1, -0.05) is 64.3 Å². The van der Waals surface area contributed by atoms with Crippen LogP contribution in [0.1, 0.15) is 59.1 Å². The summed E-state index contributed by atoms with van der Waals surface area (Å²) < 4.78 is 18.8. The number of hydrogen-bond donors (Lipinski definition) is 0. The van der Waals surface area contributed by atoms with Gasteiger partial charge in [0.15, 0.2) is 0 Å². The maximum absolute atomic E-state index is 9.29. The number of nitriles is 1. The van der Waals surface area contributed by atoms with Gasteiger partial charge in [-0.2, -0.15) is 5.26 Å². The second-order valence-electron chi connectivity index (χ2n) is 11.4. The summed E-state index contributed by atoms with van der Waals surface area (Å²) in [6.45, 7) is 8.44. The molecular formula is C37H39BrClN3O3. The molecule has 1 saturated heterocycles. The van der Waals surface area contributed by atoms with Crippen molar-refractivity contribution in [2.45, 2.75) is 59.3 Å². The fourth-order valence-electron chi connectivity index (χ4n) is 5.68. The molecule has 1 aliphatic rings. The molecule has 234 valence electrons. The Hall–Kier alpha value is -3.57. The summed E-state index contributed by atoms with van der Waals surface area (Å²) in [5.41, 5.74) is 8.01. The monoisotopic (exact) mass is 687 g/mol. The summed E-state index contributed by atoms with van der Waals surface area (Å²) in [5, 5.41) is 10.8. The van der Waals surface area contributed by atoms with Crippen molar-refractivity contribution < 1.29 is 14.2 Å². The molecule has 5 rings (SSSR count). The first-order chi connectivity index (χ1) is 22.0. The fourth-order valence-corrected chi connectivity index (χ4v) is 6.15. The molecule has 6 nitrogen and oxygen atoms in total. The number of likely N-dealkylation sites (tertiary alicyclic amines) is 1. The lowest BCUT2D eigenvalue weighted by atomic mass is 9.93. The Bertz CT molecular complexity index is 1650. The van der Waals surface area contributed by atoms with Gasteiger partial charge in [-0.3, -0.25) is 9.88 Å². The largest absolute Gasteiger partial charge is 0.493 e. The molecule has 0 amide bonds. The summed E-state index contributed by atoms with van der Waals surface area (Å²) >= 11 is 10.3. The van der Waals surface area contributed by atoms with Crippen LogP contribution in [0.3, 0.4) is 0 Å². The molecule has 0 spiro atoms. The van der Waals surface area contributed by atoms with Crippen LogP contribution in [0.5, 0.6) is 17.2 Å². The highest BCUT2D eigenvalue weighted by Crippen LogP contribution is 2.37. The molecule has 4 aromatic rings. The van der Waals surface area contributed by atoms with E-state index in [-0.39, 0.29) is 6.61 Å². The van der Waals surface area contributed by atoms with E-state index >= 15 is 0 Å². The number of hydrogen-bond acceptors (Lipinski definition) is 6. The third-order valence-electron chi connectivity index (χ3n) is 8.21. The number of nitrogens with zero attached hydrogens (tertiary/aromatic N) is 3. The minimum atomic E-state index is 0.288. The van der Waals surface area contributed by atoms with E-state index in [0.29, 0.717) is 29.5 Å². The van der Waals surface area contributed by atoms with Crippen LogP contribution in [0.15, 0.2) is 67.0 Å². The highest BCUT2D eigenvalue weighted by molar-refractivity contribution is 9.09. The van der Waals surface area contributed by atoms with E-state index < -0.39 is 0 Å². The molecule has 1 fully saturated rings. The van der Waals surface area contributed by atoms with Gasteiger partial charge in [0.1, 0.15) is 36.5 Å². The number of alkyl halides is 1. The molecule has 1 aromatic heterocycles. The van der Waals surface area contributed by atoms with Crippen molar-refractivity contribution in [1.82, 2.24) is 9.88 Å². The lowest BCUT2D eigenvalue weighted by Crippen LogP contribution is -2.29. The van der Waals surface area contributed by atoms with Gasteiger partial charge in [-0.05, 0) is 92.2 Å². The van der Waals surface area contributed by atoms with Crippen LogP contribution in [0.25, 0.3) is 11.1 Å². The Morgan fingerprint density at radius 2 is 1.60 bits per heavy atom. The quantitative estimate of drug-likeness (QED) is 0.103. The molecule has 0 saturated carbocycles. The summed E-state index contributed by atoms with van der Waals surface area (Å²) in [7, 11) is 0. The van der Waals surface area contributed by atoms with Crippen molar-refractivity contribution in [3.8, 4) is 34.4 Å². The molecule has 0 atom stereocenters. The van der Waals surface area contributed by atoms with Gasteiger partial charge in [0.25, 0.3) is 0 Å². The molecular weight excluding hydrogens is 650 g/mol. The van der Waals surface area contributed by atoms with Crippen molar-refractivity contribution in [3.05, 3.63) is 105 Å². The minimum Gasteiger partial charge on any atom is -0.493 e.